The zero-order valence-electron chi connectivity index (χ0n) is 12.4. The van der Waals surface area contributed by atoms with Gasteiger partial charge >= 0.3 is 0 Å². The predicted molar refractivity (Wildman–Crippen MR) is 78.6 cm³/mol. The van der Waals surface area contributed by atoms with Gasteiger partial charge in [0, 0.05) is 11.8 Å². The maximum atomic E-state index is 11.2. The summed E-state index contributed by atoms with van der Waals surface area (Å²) in [4.78, 5) is 17.9. The molecule has 0 aliphatic carbocycles. The zero-order valence-corrected chi connectivity index (χ0v) is 13.2. The lowest BCUT2D eigenvalue weighted by atomic mass is 10.1. The lowest BCUT2D eigenvalue weighted by Gasteiger charge is -2.20. The molecule has 6 heteroatoms. The molecule has 0 atom stereocenters. The van der Waals surface area contributed by atoms with Gasteiger partial charge in [-0.2, -0.15) is 4.98 Å². The zero-order chi connectivity index (χ0) is 14.9. The molecule has 0 aliphatic heterocycles. The summed E-state index contributed by atoms with van der Waals surface area (Å²) >= 11 is 1.67. The molecule has 108 valence electrons. The van der Waals surface area contributed by atoms with Crippen molar-refractivity contribution in [2.24, 2.45) is 0 Å². The molecule has 5 nitrogen and oxygen atoms in total. The normalized spacial score (nSPS) is 11.7. The van der Waals surface area contributed by atoms with E-state index in [1.165, 1.54) is 17.4 Å². The third kappa shape index (κ3) is 2.90. The van der Waals surface area contributed by atoms with Crippen molar-refractivity contribution in [3.8, 4) is 10.8 Å². The van der Waals surface area contributed by atoms with Crippen LogP contribution in [-0.2, 0) is 16.8 Å². The van der Waals surface area contributed by atoms with Gasteiger partial charge in [-0.15, -0.1) is 11.3 Å². The molecule has 0 saturated carbocycles. The number of aromatic nitrogens is 2. The molecule has 0 fully saturated rings. The molecule has 0 unspecified atom stereocenters. The first-order valence-electron chi connectivity index (χ1n) is 6.56. The summed E-state index contributed by atoms with van der Waals surface area (Å²) in [7, 11) is 0. The Bertz CT molecular complexity index is 628. The number of carbonyl (C=O) groups is 1. The topological polar surface area (TPSA) is 68.0 Å². The standard InChI is InChI=1S/C14H19N3O2S/c1-6-10-8(2)7-11(20-10)12-15-13(17-19-12)14(4,5)16-9(3)18/h7H,6H2,1-5H3,(H,16,18). The van der Waals surface area contributed by atoms with Gasteiger partial charge in [-0.1, -0.05) is 12.1 Å². The molecular formula is C14H19N3O2S. The van der Waals surface area contributed by atoms with Gasteiger partial charge < -0.3 is 9.84 Å². The Labute approximate surface area is 122 Å². The number of rotatable bonds is 4. The highest BCUT2D eigenvalue weighted by molar-refractivity contribution is 7.15. The van der Waals surface area contributed by atoms with Crippen molar-refractivity contribution in [3.05, 3.63) is 22.3 Å². The fourth-order valence-electron chi connectivity index (χ4n) is 2.05. The fourth-order valence-corrected chi connectivity index (χ4v) is 3.09. The summed E-state index contributed by atoms with van der Waals surface area (Å²) in [5.74, 6) is 0.861. The average Bonchev–Trinajstić information content (AvgIpc) is 2.93. The third-order valence-corrected chi connectivity index (χ3v) is 4.40. The Morgan fingerprint density at radius 3 is 2.75 bits per heavy atom. The van der Waals surface area contributed by atoms with Crippen LogP contribution in [0.15, 0.2) is 10.6 Å². The summed E-state index contributed by atoms with van der Waals surface area (Å²) in [6.45, 7) is 9.37. The van der Waals surface area contributed by atoms with Gasteiger partial charge in [0.05, 0.1) is 10.4 Å². The van der Waals surface area contributed by atoms with Crippen LogP contribution in [0.2, 0.25) is 0 Å². The summed E-state index contributed by atoms with van der Waals surface area (Å²) in [5.41, 5.74) is 0.598. The van der Waals surface area contributed by atoms with Gasteiger partial charge in [0.15, 0.2) is 5.82 Å². The minimum absolute atomic E-state index is 0.124. The monoisotopic (exact) mass is 293 g/mol. The van der Waals surface area contributed by atoms with E-state index in [2.05, 4.69) is 35.4 Å². The number of hydrogen-bond acceptors (Lipinski definition) is 5. The van der Waals surface area contributed by atoms with Crippen molar-refractivity contribution in [2.45, 2.75) is 46.6 Å². The van der Waals surface area contributed by atoms with Crippen LogP contribution in [0.25, 0.3) is 10.8 Å². The number of carbonyl (C=O) groups excluding carboxylic acids is 1. The van der Waals surface area contributed by atoms with Crippen LogP contribution in [0, 0.1) is 6.92 Å². The van der Waals surface area contributed by atoms with Crippen LogP contribution in [0.4, 0.5) is 0 Å². The van der Waals surface area contributed by atoms with E-state index in [-0.39, 0.29) is 5.91 Å². The second-order valence-corrected chi connectivity index (χ2v) is 6.44. The third-order valence-electron chi connectivity index (χ3n) is 3.03. The quantitative estimate of drug-likeness (QED) is 0.940. The van der Waals surface area contributed by atoms with Crippen LogP contribution in [0.5, 0.6) is 0 Å². The number of hydrogen-bond donors (Lipinski definition) is 1. The van der Waals surface area contributed by atoms with E-state index in [4.69, 9.17) is 4.52 Å². The molecule has 2 heterocycles. The van der Waals surface area contributed by atoms with Crippen molar-refractivity contribution in [2.75, 3.05) is 0 Å². The van der Waals surface area contributed by atoms with E-state index < -0.39 is 5.54 Å². The molecule has 1 amide bonds. The van der Waals surface area contributed by atoms with E-state index in [1.54, 1.807) is 11.3 Å². The first-order chi connectivity index (χ1) is 9.33. The minimum Gasteiger partial charge on any atom is -0.344 e. The van der Waals surface area contributed by atoms with Gasteiger partial charge in [0.1, 0.15) is 0 Å². The van der Waals surface area contributed by atoms with Crippen molar-refractivity contribution >= 4 is 17.2 Å². The number of nitrogens with one attached hydrogen (secondary N) is 1. The predicted octanol–water partition coefficient (Wildman–Crippen LogP) is 3.04. The first kappa shape index (κ1) is 14.7. The maximum Gasteiger partial charge on any atom is 0.268 e. The number of thiophene rings is 1. The molecule has 2 aromatic heterocycles. The Hall–Kier alpha value is -1.69. The second kappa shape index (κ2) is 5.36. The van der Waals surface area contributed by atoms with Crippen molar-refractivity contribution in [3.63, 3.8) is 0 Å². The largest absolute Gasteiger partial charge is 0.344 e. The van der Waals surface area contributed by atoms with Crippen LogP contribution < -0.4 is 5.32 Å². The summed E-state index contributed by atoms with van der Waals surface area (Å²) in [6, 6.07) is 2.06. The Morgan fingerprint density at radius 1 is 1.50 bits per heavy atom. The smallest absolute Gasteiger partial charge is 0.268 e. The van der Waals surface area contributed by atoms with Gasteiger partial charge in [-0.3, -0.25) is 4.79 Å². The number of aryl methyl sites for hydroxylation is 2. The highest BCUT2D eigenvalue weighted by Crippen LogP contribution is 2.31. The molecule has 20 heavy (non-hydrogen) atoms. The summed E-state index contributed by atoms with van der Waals surface area (Å²) in [6.07, 6.45) is 0.995. The molecule has 0 aliphatic rings. The lowest BCUT2D eigenvalue weighted by Crippen LogP contribution is -2.40. The minimum atomic E-state index is -0.645. The van der Waals surface area contributed by atoms with Crippen molar-refractivity contribution in [1.82, 2.24) is 15.5 Å². The maximum absolute atomic E-state index is 11.2. The Kier molecular flexibility index (Phi) is 3.94. The highest BCUT2D eigenvalue weighted by atomic mass is 32.1. The van der Waals surface area contributed by atoms with E-state index >= 15 is 0 Å². The van der Waals surface area contributed by atoms with E-state index in [1.807, 2.05) is 13.8 Å². The van der Waals surface area contributed by atoms with Gasteiger partial charge in [0.2, 0.25) is 5.91 Å². The molecule has 0 radical (unpaired) electrons. The highest BCUT2D eigenvalue weighted by Gasteiger charge is 2.28. The van der Waals surface area contributed by atoms with Gasteiger partial charge in [-0.05, 0) is 38.8 Å². The molecule has 2 aromatic rings. The number of nitrogens with zero attached hydrogens (tertiary/aromatic N) is 2. The SMILES string of the molecule is CCc1sc(-c2nc(C(C)(C)NC(C)=O)no2)cc1C. The van der Waals surface area contributed by atoms with Gasteiger partial charge in [-0.25, -0.2) is 0 Å². The fraction of sp³-hybridized carbons (Fsp3) is 0.500. The molecule has 1 N–H and O–H groups in total. The van der Waals surface area contributed by atoms with E-state index in [0.717, 1.165) is 11.3 Å². The second-order valence-electron chi connectivity index (χ2n) is 5.30. The van der Waals surface area contributed by atoms with Crippen molar-refractivity contribution < 1.29 is 9.32 Å². The average molecular weight is 293 g/mol. The molecule has 0 bridgehead atoms. The lowest BCUT2D eigenvalue weighted by molar-refractivity contribution is -0.120. The first-order valence-corrected chi connectivity index (χ1v) is 7.37. The summed E-state index contributed by atoms with van der Waals surface area (Å²) < 4.78 is 5.33. The molecule has 0 spiro atoms. The van der Waals surface area contributed by atoms with Crippen LogP contribution >= 0.6 is 11.3 Å². The summed E-state index contributed by atoms with van der Waals surface area (Å²) in [5, 5.41) is 6.80. The van der Waals surface area contributed by atoms with Crippen molar-refractivity contribution in [1.29, 1.82) is 0 Å². The molecular weight excluding hydrogens is 274 g/mol. The Balaban J connectivity index is 2.30. The number of amides is 1. The molecule has 2 rings (SSSR count). The van der Waals surface area contributed by atoms with Crippen LogP contribution in [0.3, 0.4) is 0 Å². The van der Waals surface area contributed by atoms with Gasteiger partial charge in [0.25, 0.3) is 5.89 Å². The molecule has 0 aromatic carbocycles. The van der Waals surface area contributed by atoms with Crippen LogP contribution in [-0.4, -0.2) is 16.0 Å². The van der Waals surface area contributed by atoms with Crippen LogP contribution in [0.1, 0.15) is 44.0 Å². The Morgan fingerprint density at radius 2 is 2.20 bits per heavy atom. The van der Waals surface area contributed by atoms with E-state index in [9.17, 15) is 4.79 Å². The van der Waals surface area contributed by atoms with E-state index in [0.29, 0.717) is 11.7 Å². The molecule has 0 saturated heterocycles.